The second-order valence-electron chi connectivity index (χ2n) is 9.17. The molecule has 38 heavy (non-hydrogen) atoms. The number of fused-ring (bicyclic) bond motifs is 1. The number of rotatable bonds is 6. The Kier molecular flexibility index (Phi) is 5.97. The maximum atomic E-state index is 14.7. The number of hydrogen-bond donors (Lipinski definition) is 1. The van der Waals surface area contributed by atoms with Crippen LogP contribution >= 0.6 is 0 Å². The molecule has 0 amide bonds. The lowest BCUT2D eigenvalue weighted by Gasteiger charge is -2.37. The molecule has 6 rings (SSSR count). The molecular formula is C33H25F2N3. The minimum Gasteiger partial charge on any atom is -0.371 e. The Morgan fingerprint density at radius 1 is 0.658 bits per heavy atom. The summed E-state index contributed by atoms with van der Waals surface area (Å²) in [7, 11) is 1.83. The highest BCUT2D eigenvalue weighted by molar-refractivity contribution is 5.94. The first-order valence-corrected chi connectivity index (χ1v) is 12.5. The average molecular weight is 502 g/mol. The van der Waals surface area contributed by atoms with Crippen molar-refractivity contribution < 1.29 is 8.78 Å². The molecule has 1 aromatic heterocycles. The third kappa shape index (κ3) is 3.75. The summed E-state index contributed by atoms with van der Waals surface area (Å²) in [6.45, 7) is 0. The first-order valence-electron chi connectivity index (χ1n) is 12.5. The molecule has 0 radical (unpaired) electrons. The van der Waals surface area contributed by atoms with Crippen molar-refractivity contribution in [3.05, 3.63) is 156 Å². The Balaban J connectivity index is 1.70. The Labute approximate surface area is 220 Å². The van der Waals surface area contributed by atoms with Gasteiger partial charge in [0.1, 0.15) is 17.2 Å². The summed E-state index contributed by atoms with van der Waals surface area (Å²) in [4.78, 5) is 0. The first-order chi connectivity index (χ1) is 18.6. The van der Waals surface area contributed by atoms with Crippen LogP contribution in [0.1, 0.15) is 16.7 Å². The van der Waals surface area contributed by atoms with E-state index in [-0.39, 0.29) is 0 Å². The van der Waals surface area contributed by atoms with Crippen molar-refractivity contribution in [1.29, 1.82) is 0 Å². The van der Waals surface area contributed by atoms with Gasteiger partial charge in [0.2, 0.25) is 0 Å². The average Bonchev–Trinajstić information content (AvgIpc) is 3.33. The van der Waals surface area contributed by atoms with Crippen LogP contribution in [-0.2, 0) is 5.54 Å². The highest BCUT2D eigenvalue weighted by atomic mass is 19.1. The summed E-state index contributed by atoms with van der Waals surface area (Å²) in [6, 6.07) is 40.4. The number of hydrogen-bond acceptors (Lipinski definition) is 2. The van der Waals surface area contributed by atoms with Crippen LogP contribution in [0.25, 0.3) is 22.0 Å². The Bertz CT molecular complexity index is 1620. The SMILES string of the molecule is CNc1nn(C(c2ccccc2)(c2ccccc2)c2ccccc2)c2ccc(-c3ccc(F)cc3F)cc12. The maximum absolute atomic E-state index is 14.7. The molecule has 0 atom stereocenters. The van der Waals surface area contributed by atoms with Crippen molar-refractivity contribution in [2.75, 3.05) is 12.4 Å². The van der Waals surface area contributed by atoms with Gasteiger partial charge in [-0.25, -0.2) is 13.5 Å². The van der Waals surface area contributed by atoms with Crippen molar-refractivity contribution in [2.24, 2.45) is 0 Å². The van der Waals surface area contributed by atoms with E-state index < -0.39 is 17.2 Å². The number of halogens is 2. The van der Waals surface area contributed by atoms with E-state index in [1.807, 2.05) is 79.8 Å². The van der Waals surface area contributed by atoms with Gasteiger partial charge in [-0.05, 0) is 46.5 Å². The van der Waals surface area contributed by atoms with Gasteiger partial charge in [-0.1, -0.05) is 97.1 Å². The second-order valence-corrected chi connectivity index (χ2v) is 9.17. The van der Waals surface area contributed by atoms with E-state index in [1.165, 1.54) is 12.1 Å². The number of aromatic nitrogens is 2. The van der Waals surface area contributed by atoms with Gasteiger partial charge in [0, 0.05) is 24.1 Å². The zero-order valence-electron chi connectivity index (χ0n) is 20.8. The molecule has 3 nitrogen and oxygen atoms in total. The molecule has 1 heterocycles. The van der Waals surface area contributed by atoms with Gasteiger partial charge >= 0.3 is 0 Å². The standard InChI is InChI=1S/C33H25F2N3/c1-36-32-29-21-23(28-19-18-27(34)22-30(28)35)17-20-31(29)38(37-32)33(24-11-5-2-6-12-24,25-13-7-3-8-14-25)26-15-9-4-10-16-26/h2-22H,1H3,(H,36,37). The largest absolute Gasteiger partial charge is 0.371 e. The van der Waals surface area contributed by atoms with Gasteiger partial charge in [-0.2, -0.15) is 5.10 Å². The Morgan fingerprint density at radius 3 is 1.71 bits per heavy atom. The Hall–Kier alpha value is -4.77. The van der Waals surface area contributed by atoms with E-state index in [9.17, 15) is 8.78 Å². The summed E-state index contributed by atoms with van der Waals surface area (Å²) >= 11 is 0. The van der Waals surface area contributed by atoms with E-state index in [0.717, 1.165) is 33.7 Å². The fourth-order valence-corrected chi connectivity index (χ4v) is 5.35. The maximum Gasteiger partial charge on any atom is 0.155 e. The summed E-state index contributed by atoms with van der Waals surface area (Å²) in [5.41, 5.74) is 4.23. The minimum absolute atomic E-state index is 0.337. The van der Waals surface area contributed by atoms with Crippen LogP contribution < -0.4 is 5.32 Å². The monoisotopic (exact) mass is 501 g/mol. The third-order valence-corrected chi connectivity index (χ3v) is 7.05. The number of nitrogens with one attached hydrogen (secondary N) is 1. The molecule has 0 saturated heterocycles. The highest BCUT2D eigenvalue weighted by Gasteiger charge is 2.40. The van der Waals surface area contributed by atoms with E-state index >= 15 is 0 Å². The molecule has 0 bridgehead atoms. The second kappa shape index (κ2) is 9.60. The van der Waals surface area contributed by atoms with Crippen LogP contribution in [0.2, 0.25) is 0 Å². The van der Waals surface area contributed by atoms with Crippen molar-refractivity contribution in [3.8, 4) is 11.1 Å². The van der Waals surface area contributed by atoms with Crippen molar-refractivity contribution in [2.45, 2.75) is 5.54 Å². The first kappa shape index (κ1) is 23.6. The van der Waals surface area contributed by atoms with Crippen LogP contribution in [-0.4, -0.2) is 16.8 Å². The number of benzene rings is 5. The lowest BCUT2D eigenvalue weighted by atomic mass is 9.77. The van der Waals surface area contributed by atoms with Crippen molar-refractivity contribution in [1.82, 2.24) is 9.78 Å². The molecule has 5 heteroatoms. The van der Waals surface area contributed by atoms with Gasteiger partial charge in [0.05, 0.1) is 5.52 Å². The van der Waals surface area contributed by atoms with Crippen LogP contribution in [0.15, 0.2) is 127 Å². The molecule has 0 aliphatic carbocycles. The summed E-state index contributed by atoms with van der Waals surface area (Å²) in [5, 5.41) is 9.20. The molecule has 0 spiro atoms. The molecule has 0 aliphatic rings. The molecule has 0 aliphatic heterocycles. The predicted octanol–water partition coefficient (Wildman–Crippen LogP) is 7.86. The molecule has 0 saturated carbocycles. The topological polar surface area (TPSA) is 29.9 Å². The van der Waals surface area contributed by atoms with E-state index in [1.54, 1.807) is 0 Å². The lowest BCUT2D eigenvalue weighted by molar-refractivity contribution is 0.477. The summed E-state index contributed by atoms with van der Waals surface area (Å²) < 4.78 is 30.3. The van der Waals surface area contributed by atoms with E-state index in [0.29, 0.717) is 16.9 Å². The van der Waals surface area contributed by atoms with Crippen LogP contribution in [0.5, 0.6) is 0 Å². The molecule has 0 unspecified atom stereocenters. The quantitative estimate of drug-likeness (QED) is 0.235. The molecular weight excluding hydrogens is 476 g/mol. The third-order valence-electron chi connectivity index (χ3n) is 7.05. The fraction of sp³-hybridized carbons (Fsp3) is 0.0606. The van der Waals surface area contributed by atoms with Gasteiger partial charge in [0.15, 0.2) is 5.82 Å². The van der Waals surface area contributed by atoms with Crippen LogP contribution in [0, 0.1) is 11.6 Å². The van der Waals surface area contributed by atoms with Crippen LogP contribution in [0.4, 0.5) is 14.6 Å². The van der Waals surface area contributed by atoms with Gasteiger partial charge in [-0.3, -0.25) is 0 Å². The zero-order chi connectivity index (χ0) is 26.1. The minimum atomic E-state index is -0.792. The van der Waals surface area contributed by atoms with Crippen molar-refractivity contribution >= 4 is 16.7 Å². The van der Waals surface area contributed by atoms with Crippen LogP contribution in [0.3, 0.4) is 0 Å². The lowest BCUT2D eigenvalue weighted by Crippen LogP contribution is -2.38. The Morgan fingerprint density at radius 2 is 1.21 bits per heavy atom. The smallest absolute Gasteiger partial charge is 0.155 e. The molecule has 0 fully saturated rings. The van der Waals surface area contributed by atoms with Gasteiger partial charge in [-0.15, -0.1) is 0 Å². The molecule has 5 aromatic carbocycles. The van der Waals surface area contributed by atoms with Gasteiger partial charge < -0.3 is 5.32 Å². The van der Waals surface area contributed by atoms with E-state index in [4.69, 9.17) is 5.10 Å². The van der Waals surface area contributed by atoms with Gasteiger partial charge in [0.25, 0.3) is 0 Å². The summed E-state index contributed by atoms with van der Waals surface area (Å²) in [6.07, 6.45) is 0. The zero-order valence-corrected chi connectivity index (χ0v) is 20.8. The number of nitrogens with zero attached hydrogens (tertiary/aromatic N) is 2. The molecule has 6 aromatic rings. The normalized spacial score (nSPS) is 11.6. The summed E-state index contributed by atoms with van der Waals surface area (Å²) in [5.74, 6) is -0.541. The molecule has 186 valence electrons. The van der Waals surface area contributed by atoms with Crippen molar-refractivity contribution in [3.63, 3.8) is 0 Å². The van der Waals surface area contributed by atoms with E-state index in [2.05, 4.69) is 46.4 Å². The predicted molar refractivity (Wildman–Crippen MR) is 149 cm³/mol. The highest BCUT2D eigenvalue weighted by Crippen LogP contribution is 2.44. The molecule has 1 N–H and O–H groups in total. The number of anilines is 1. The fourth-order valence-electron chi connectivity index (χ4n) is 5.35.